The number of carbonyl (C=O) groups is 1. The minimum Gasteiger partial charge on any atom is -0.370 e. The molecule has 0 bridgehead atoms. The molecule has 6 nitrogen and oxygen atoms in total. The molecular weight excluding hydrogens is 612 g/mol. The number of thiophene rings is 1. The molecule has 2 aliphatic carbocycles. The molecule has 0 fully saturated rings. The largest absolute Gasteiger partial charge is 0.370 e. The Labute approximate surface area is 267 Å². The molecule has 4 N–H and O–H groups in total. The zero-order valence-electron chi connectivity index (χ0n) is 23.9. The van der Waals surface area contributed by atoms with Crippen LogP contribution >= 0.6 is 23.7 Å². The molecule has 3 aliphatic rings. The standard InChI is InChI=1S/C28H23NOS.C7H9NO3S.ClH/c30-29-22-6-3-5-20(17-22)27-14-15-28(31-27)21-10-11-24-19(16-21)9-13-25-23-7-2-1-4-18(23)8-12-26(24)25;8-7(9)5-6-3-1-2-4-12(6,10)11;/h1-7,9,13-17,29-30H,8,10-12H2;1-4,6H,5H2,(H2,8,9);1H. The van der Waals surface area contributed by atoms with Gasteiger partial charge in [-0.1, -0.05) is 72.8 Å². The van der Waals surface area contributed by atoms with Gasteiger partial charge in [-0.05, 0) is 94.5 Å². The van der Waals surface area contributed by atoms with E-state index in [-0.39, 0.29) is 18.8 Å². The van der Waals surface area contributed by atoms with Crippen molar-refractivity contribution in [2.24, 2.45) is 5.73 Å². The van der Waals surface area contributed by atoms with Crippen molar-refractivity contribution in [2.75, 3.05) is 5.48 Å². The molecule has 1 aromatic heterocycles. The third-order valence-electron chi connectivity index (χ3n) is 8.12. The van der Waals surface area contributed by atoms with Crippen LogP contribution in [0, 0.1) is 0 Å². The number of aryl methyl sites for hydroxylation is 1. The van der Waals surface area contributed by atoms with Gasteiger partial charge in [0.1, 0.15) is 0 Å². The van der Waals surface area contributed by atoms with E-state index in [2.05, 4.69) is 66.2 Å². The van der Waals surface area contributed by atoms with Crippen LogP contribution in [0.5, 0.6) is 0 Å². The van der Waals surface area contributed by atoms with E-state index in [0.717, 1.165) is 36.7 Å². The van der Waals surface area contributed by atoms with Crippen molar-refractivity contribution in [1.82, 2.24) is 0 Å². The lowest BCUT2D eigenvalue weighted by Crippen LogP contribution is -2.25. The van der Waals surface area contributed by atoms with Crippen molar-refractivity contribution in [2.45, 2.75) is 37.4 Å². The molecule has 4 aromatic rings. The monoisotopic (exact) mass is 644 g/mol. The van der Waals surface area contributed by atoms with Gasteiger partial charge in [0.25, 0.3) is 0 Å². The smallest absolute Gasteiger partial charge is 0.219 e. The zero-order chi connectivity index (χ0) is 30.0. The van der Waals surface area contributed by atoms with Crippen LogP contribution in [-0.2, 0) is 33.9 Å². The van der Waals surface area contributed by atoms with Gasteiger partial charge >= 0.3 is 0 Å². The van der Waals surface area contributed by atoms with Gasteiger partial charge in [0.2, 0.25) is 5.91 Å². The quantitative estimate of drug-likeness (QED) is 0.194. The van der Waals surface area contributed by atoms with Crippen LogP contribution in [0.3, 0.4) is 0 Å². The first kappa shape index (κ1) is 31.5. The summed E-state index contributed by atoms with van der Waals surface area (Å²) in [6.07, 6.45) is 11.2. The van der Waals surface area contributed by atoms with Gasteiger partial charge in [-0.2, -0.15) is 0 Å². The molecule has 0 radical (unpaired) electrons. The Morgan fingerprint density at radius 1 is 0.886 bits per heavy atom. The molecule has 0 saturated carbocycles. The topological polar surface area (TPSA) is 109 Å². The van der Waals surface area contributed by atoms with E-state index in [4.69, 9.17) is 5.73 Å². The van der Waals surface area contributed by atoms with Crippen LogP contribution in [0.1, 0.15) is 40.0 Å². The molecule has 0 saturated heterocycles. The second kappa shape index (κ2) is 13.4. The fraction of sp³-hybridized carbons (Fsp3) is 0.171. The summed E-state index contributed by atoms with van der Waals surface area (Å²) in [4.78, 5) is 13.0. The van der Waals surface area contributed by atoms with Gasteiger partial charge in [-0.3, -0.25) is 15.5 Å². The summed E-state index contributed by atoms with van der Waals surface area (Å²) in [5.41, 5.74) is 19.2. The number of hydrogen-bond donors (Lipinski definition) is 3. The first-order valence-corrected chi connectivity index (χ1v) is 16.7. The number of anilines is 1. The summed E-state index contributed by atoms with van der Waals surface area (Å²) >= 11 is 1.83. The molecule has 44 heavy (non-hydrogen) atoms. The van der Waals surface area contributed by atoms with Gasteiger partial charge in [-0.25, -0.2) is 8.42 Å². The van der Waals surface area contributed by atoms with E-state index in [1.165, 1.54) is 49.7 Å². The van der Waals surface area contributed by atoms with Gasteiger partial charge in [0, 0.05) is 21.6 Å². The van der Waals surface area contributed by atoms with E-state index < -0.39 is 21.0 Å². The highest BCUT2D eigenvalue weighted by atomic mass is 35.5. The number of primary amides is 1. The average molecular weight is 645 g/mol. The fourth-order valence-corrected chi connectivity index (χ4v) is 8.26. The molecule has 1 amide bonds. The Balaban J connectivity index is 0.000000252. The van der Waals surface area contributed by atoms with E-state index in [0.29, 0.717) is 5.69 Å². The third kappa shape index (κ3) is 6.59. The van der Waals surface area contributed by atoms with Crippen molar-refractivity contribution in [3.05, 3.63) is 124 Å². The van der Waals surface area contributed by atoms with E-state index in [1.54, 1.807) is 17.2 Å². The number of allylic oxidation sites excluding steroid dienone is 3. The van der Waals surface area contributed by atoms with Crippen LogP contribution in [0.2, 0.25) is 0 Å². The lowest BCUT2D eigenvalue weighted by atomic mass is 9.78. The maximum atomic E-state index is 11.2. The number of benzene rings is 3. The lowest BCUT2D eigenvalue weighted by Gasteiger charge is -2.26. The van der Waals surface area contributed by atoms with Crippen molar-refractivity contribution in [3.63, 3.8) is 0 Å². The number of hydrogen-bond acceptors (Lipinski definition) is 6. The Hall–Kier alpha value is -3.95. The summed E-state index contributed by atoms with van der Waals surface area (Å²) in [5, 5.41) is 9.50. The summed E-state index contributed by atoms with van der Waals surface area (Å²) in [6, 6.07) is 25.8. The zero-order valence-corrected chi connectivity index (χ0v) is 26.4. The normalized spacial score (nSPS) is 17.0. The van der Waals surface area contributed by atoms with Gasteiger partial charge in [-0.15, -0.1) is 23.7 Å². The highest BCUT2D eigenvalue weighted by Gasteiger charge is 2.24. The molecule has 1 atom stereocenters. The van der Waals surface area contributed by atoms with Crippen molar-refractivity contribution in [1.29, 1.82) is 0 Å². The molecule has 1 unspecified atom stereocenters. The molecule has 0 spiro atoms. The number of sulfone groups is 1. The van der Waals surface area contributed by atoms with Crippen molar-refractivity contribution in [3.8, 4) is 21.6 Å². The first-order chi connectivity index (χ1) is 20.8. The van der Waals surface area contributed by atoms with Gasteiger partial charge < -0.3 is 5.73 Å². The second-order valence-electron chi connectivity index (χ2n) is 10.9. The molecule has 3 aromatic carbocycles. The minimum atomic E-state index is -3.29. The van der Waals surface area contributed by atoms with Crippen LogP contribution in [-0.4, -0.2) is 24.8 Å². The number of rotatable bonds is 5. The number of nitrogens with one attached hydrogen (secondary N) is 1. The highest BCUT2D eigenvalue weighted by molar-refractivity contribution is 7.95. The summed E-state index contributed by atoms with van der Waals surface area (Å²) < 4.78 is 22.3. The SMILES string of the molecule is Cl.NC(=O)CC1C=CC=CS1(=O)=O.ONc1cccc(-c2ccc(C3=Cc4ccc5c(c4CC3)CCc3ccccc3-5)s2)c1. The Morgan fingerprint density at radius 2 is 1.68 bits per heavy atom. The van der Waals surface area contributed by atoms with E-state index in [9.17, 15) is 18.4 Å². The average Bonchev–Trinajstić information content (AvgIpc) is 3.52. The van der Waals surface area contributed by atoms with Crippen molar-refractivity contribution >= 4 is 56.8 Å². The number of carbonyl (C=O) groups excluding carboxylic acids is 1. The van der Waals surface area contributed by atoms with Crippen LogP contribution in [0.4, 0.5) is 5.69 Å². The summed E-state index contributed by atoms with van der Waals surface area (Å²) in [5.74, 6) is -0.608. The molecule has 9 heteroatoms. The summed E-state index contributed by atoms with van der Waals surface area (Å²) in [7, 11) is -3.29. The fourth-order valence-electron chi connectivity index (χ4n) is 6.00. The molecule has 2 heterocycles. The van der Waals surface area contributed by atoms with Gasteiger partial charge in [0.15, 0.2) is 9.84 Å². The number of fused-ring (bicyclic) bond motifs is 5. The molecule has 226 valence electrons. The number of halogens is 1. The van der Waals surface area contributed by atoms with Crippen LogP contribution < -0.4 is 11.2 Å². The van der Waals surface area contributed by atoms with Crippen LogP contribution in [0.25, 0.3) is 33.2 Å². The molecular formula is C35H33ClN2O4S2. The Bertz CT molecular complexity index is 1910. The predicted molar refractivity (Wildman–Crippen MR) is 183 cm³/mol. The molecule has 7 rings (SSSR count). The van der Waals surface area contributed by atoms with Crippen molar-refractivity contribution < 1.29 is 18.4 Å². The molecule has 1 aliphatic heterocycles. The van der Waals surface area contributed by atoms with Gasteiger partial charge in [0.05, 0.1) is 10.9 Å². The minimum absolute atomic E-state index is 0. The first-order valence-electron chi connectivity index (χ1n) is 14.2. The van der Waals surface area contributed by atoms with Crippen LogP contribution in [0.15, 0.2) is 96.4 Å². The van der Waals surface area contributed by atoms with E-state index in [1.807, 2.05) is 29.5 Å². The summed E-state index contributed by atoms with van der Waals surface area (Å²) in [6.45, 7) is 0. The Morgan fingerprint density at radius 3 is 2.48 bits per heavy atom. The van der Waals surface area contributed by atoms with E-state index >= 15 is 0 Å². The number of amides is 1. The highest BCUT2D eigenvalue weighted by Crippen LogP contribution is 2.42. The maximum Gasteiger partial charge on any atom is 0.219 e. The Kier molecular flexibility index (Phi) is 9.56. The number of nitrogens with two attached hydrogens (primary N) is 1. The maximum absolute atomic E-state index is 11.2. The third-order valence-corrected chi connectivity index (χ3v) is 11.0. The predicted octanol–water partition coefficient (Wildman–Crippen LogP) is 7.62. The second-order valence-corrected chi connectivity index (χ2v) is 14.0. The lowest BCUT2D eigenvalue weighted by molar-refractivity contribution is -0.117.